The first-order valence-corrected chi connectivity index (χ1v) is 7.45. The summed E-state index contributed by atoms with van der Waals surface area (Å²) in [5, 5.41) is 22.6. The van der Waals surface area contributed by atoms with Crippen molar-refractivity contribution in [3.8, 4) is 0 Å². The summed E-state index contributed by atoms with van der Waals surface area (Å²) >= 11 is 1.29. The number of hydrogen-bond donors (Lipinski definition) is 3. The summed E-state index contributed by atoms with van der Waals surface area (Å²) in [5.74, 6) is -1.08. The molecule has 0 spiro atoms. The predicted molar refractivity (Wildman–Crippen MR) is 74.7 cm³/mol. The van der Waals surface area contributed by atoms with Crippen LogP contribution in [0.5, 0.6) is 0 Å². The standard InChI is InChI=1S/C13H18N2O4S/c16-7-6-15(9-3-1-4-9)13(19)14-11(12(17)18)10-5-2-8-20-10/h2,5,8-9,11,16H,1,3-4,6-7H2,(H,14,19)(H,17,18). The molecule has 6 nitrogen and oxygen atoms in total. The summed E-state index contributed by atoms with van der Waals surface area (Å²) in [6, 6.07) is 2.08. The van der Waals surface area contributed by atoms with E-state index < -0.39 is 18.0 Å². The van der Waals surface area contributed by atoms with Crippen LogP contribution in [-0.4, -0.2) is 46.3 Å². The van der Waals surface area contributed by atoms with Gasteiger partial charge in [-0.1, -0.05) is 6.07 Å². The van der Waals surface area contributed by atoms with E-state index in [1.54, 1.807) is 17.5 Å². The number of aliphatic hydroxyl groups excluding tert-OH is 1. The summed E-state index contributed by atoms with van der Waals surface area (Å²) in [6.07, 6.45) is 2.88. The van der Waals surface area contributed by atoms with Gasteiger partial charge in [0.15, 0.2) is 6.04 Å². The van der Waals surface area contributed by atoms with Gasteiger partial charge < -0.3 is 20.4 Å². The quantitative estimate of drug-likeness (QED) is 0.741. The molecule has 3 N–H and O–H groups in total. The van der Waals surface area contributed by atoms with Gasteiger partial charge in [0.1, 0.15) is 0 Å². The molecule has 1 atom stereocenters. The normalized spacial score (nSPS) is 16.2. The van der Waals surface area contributed by atoms with E-state index in [2.05, 4.69) is 5.32 Å². The Morgan fingerprint density at radius 2 is 2.25 bits per heavy atom. The average Bonchev–Trinajstić information content (AvgIpc) is 2.86. The highest BCUT2D eigenvalue weighted by molar-refractivity contribution is 7.10. The van der Waals surface area contributed by atoms with Gasteiger partial charge in [-0.05, 0) is 30.7 Å². The topological polar surface area (TPSA) is 89.9 Å². The predicted octanol–water partition coefficient (Wildman–Crippen LogP) is 1.43. The second-order valence-corrected chi connectivity index (χ2v) is 5.72. The van der Waals surface area contributed by atoms with Crippen molar-refractivity contribution in [1.29, 1.82) is 0 Å². The van der Waals surface area contributed by atoms with Gasteiger partial charge in [-0.2, -0.15) is 0 Å². The van der Waals surface area contributed by atoms with E-state index >= 15 is 0 Å². The number of carboxylic acids is 1. The molecule has 7 heteroatoms. The number of aliphatic carboxylic acids is 1. The van der Waals surface area contributed by atoms with Crippen molar-refractivity contribution >= 4 is 23.3 Å². The number of carbonyl (C=O) groups is 2. The van der Waals surface area contributed by atoms with Gasteiger partial charge in [0.2, 0.25) is 0 Å². The van der Waals surface area contributed by atoms with Gasteiger partial charge in [-0.25, -0.2) is 9.59 Å². The van der Waals surface area contributed by atoms with Gasteiger partial charge in [0, 0.05) is 17.5 Å². The second kappa shape index (κ2) is 6.71. The van der Waals surface area contributed by atoms with Gasteiger partial charge in [-0.3, -0.25) is 0 Å². The van der Waals surface area contributed by atoms with E-state index in [-0.39, 0.29) is 19.2 Å². The minimum Gasteiger partial charge on any atom is -0.479 e. The molecular formula is C13H18N2O4S. The molecule has 1 heterocycles. The Balaban J connectivity index is 2.04. The van der Waals surface area contributed by atoms with Crippen molar-refractivity contribution in [3.63, 3.8) is 0 Å². The van der Waals surface area contributed by atoms with E-state index in [4.69, 9.17) is 5.11 Å². The fraction of sp³-hybridized carbons (Fsp3) is 0.538. The van der Waals surface area contributed by atoms with E-state index in [0.29, 0.717) is 4.88 Å². The average molecular weight is 298 g/mol. The third-order valence-corrected chi connectivity index (χ3v) is 4.40. The Bertz CT molecular complexity index is 459. The number of hydrogen-bond acceptors (Lipinski definition) is 4. The van der Waals surface area contributed by atoms with Crippen molar-refractivity contribution in [2.75, 3.05) is 13.2 Å². The highest BCUT2D eigenvalue weighted by Crippen LogP contribution is 2.25. The number of nitrogens with one attached hydrogen (secondary N) is 1. The van der Waals surface area contributed by atoms with Crippen LogP contribution >= 0.6 is 11.3 Å². The minimum absolute atomic E-state index is 0.111. The molecule has 0 aromatic carbocycles. The van der Waals surface area contributed by atoms with Crippen LogP contribution in [0, 0.1) is 0 Å². The maximum absolute atomic E-state index is 12.2. The van der Waals surface area contributed by atoms with Crippen LogP contribution in [0.2, 0.25) is 0 Å². The maximum Gasteiger partial charge on any atom is 0.331 e. The molecule has 1 aromatic rings. The third kappa shape index (κ3) is 3.29. The van der Waals surface area contributed by atoms with Crippen LogP contribution in [0.15, 0.2) is 17.5 Å². The Morgan fingerprint density at radius 3 is 2.70 bits per heavy atom. The molecule has 0 aliphatic heterocycles. The van der Waals surface area contributed by atoms with Gasteiger partial charge in [0.25, 0.3) is 0 Å². The minimum atomic E-state index is -1.08. The zero-order valence-electron chi connectivity index (χ0n) is 11.0. The molecule has 1 aliphatic rings. The molecule has 110 valence electrons. The van der Waals surface area contributed by atoms with E-state index in [1.165, 1.54) is 16.2 Å². The SMILES string of the molecule is O=C(O)C(NC(=O)N(CCO)C1CCC1)c1cccs1. The smallest absolute Gasteiger partial charge is 0.331 e. The zero-order valence-corrected chi connectivity index (χ0v) is 11.8. The highest BCUT2D eigenvalue weighted by atomic mass is 32.1. The largest absolute Gasteiger partial charge is 0.479 e. The number of thiophene rings is 1. The molecule has 2 amide bonds. The van der Waals surface area contributed by atoms with Crippen LogP contribution in [0.4, 0.5) is 4.79 Å². The maximum atomic E-state index is 12.2. The fourth-order valence-corrected chi connectivity index (χ4v) is 2.94. The van der Waals surface area contributed by atoms with Crippen LogP contribution in [-0.2, 0) is 4.79 Å². The van der Waals surface area contributed by atoms with Crippen molar-refractivity contribution in [2.24, 2.45) is 0 Å². The lowest BCUT2D eigenvalue weighted by Gasteiger charge is -2.37. The second-order valence-electron chi connectivity index (χ2n) is 4.74. The van der Waals surface area contributed by atoms with E-state index in [1.807, 2.05) is 0 Å². The lowest BCUT2D eigenvalue weighted by atomic mass is 9.91. The van der Waals surface area contributed by atoms with Crippen molar-refractivity contribution in [1.82, 2.24) is 10.2 Å². The molecule has 1 unspecified atom stereocenters. The molecule has 0 radical (unpaired) electrons. The summed E-state index contributed by atoms with van der Waals surface area (Å²) in [7, 11) is 0. The lowest BCUT2D eigenvalue weighted by Crippen LogP contribution is -2.51. The highest BCUT2D eigenvalue weighted by Gasteiger charge is 2.31. The molecule has 1 aromatic heterocycles. The first-order chi connectivity index (χ1) is 9.63. The zero-order chi connectivity index (χ0) is 14.5. The Morgan fingerprint density at radius 1 is 1.50 bits per heavy atom. The van der Waals surface area contributed by atoms with Gasteiger partial charge in [0.05, 0.1) is 6.61 Å². The Hall–Kier alpha value is -1.60. The summed E-state index contributed by atoms with van der Waals surface area (Å²) < 4.78 is 0. The number of amides is 2. The number of carboxylic acid groups (broad SMARTS) is 1. The molecular weight excluding hydrogens is 280 g/mol. The lowest BCUT2D eigenvalue weighted by molar-refractivity contribution is -0.139. The molecule has 20 heavy (non-hydrogen) atoms. The first-order valence-electron chi connectivity index (χ1n) is 6.57. The van der Waals surface area contributed by atoms with Crippen LogP contribution in [0.1, 0.15) is 30.2 Å². The Kier molecular flexibility index (Phi) is 4.97. The monoisotopic (exact) mass is 298 g/mol. The molecule has 1 fully saturated rings. The first kappa shape index (κ1) is 14.8. The van der Waals surface area contributed by atoms with Crippen LogP contribution < -0.4 is 5.32 Å². The number of nitrogens with zero attached hydrogens (tertiary/aromatic N) is 1. The molecule has 1 aliphatic carbocycles. The number of urea groups is 1. The molecule has 0 saturated heterocycles. The Labute approximate surface area is 121 Å². The van der Waals surface area contributed by atoms with Crippen molar-refractivity contribution in [3.05, 3.63) is 22.4 Å². The number of rotatable bonds is 6. The summed E-state index contributed by atoms with van der Waals surface area (Å²) in [6.45, 7) is 0.105. The summed E-state index contributed by atoms with van der Waals surface area (Å²) in [4.78, 5) is 25.6. The van der Waals surface area contributed by atoms with Gasteiger partial charge in [-0.15, -0.1) is 11.3 Å². The number of carbonyl (C=O) groups excluding carboxylic acids is 1. The third-order valence-electron chi connectivity index (χ3n) is 3.46. The molecule has 1 saturated carbocycles. The number of aliphatic hydroxyl groups is 1. The van der Waals surface area contributed by atoms with Gasteiger partial charge >= 0.3 is 12.0 Å². The van der Waals surface area contributed by atoms with E-state index in [9.17, 15) is 14.7 Å². The summed E-state index contributed by atoms with van der Waals surface area (Å²) in [5.41, 5.74) is 0. The van der Waals surface area contributed by atoms with E-state index in [0.717, 1.165) is 19.3 Å². The van der Waals surface area contributed by atoms with Crippen LogP contribution in [0.25, 0.3) is 0 Å². The molecule has 2 rings (SSSR count). The fourth-order valence-electron chi connectivity index (χ4n) is 2.17. The van der Waals surface area contributed by atoms with Crippen molar-refractivity contribution in [2.45, 2.75) is 31.3 Å². The molecule has 0 bridgehead atoms. The van der Waals surface area contributed by atoms with Crippen molar-refractivity contribution < 1.29 is 19.8 Å². The van der Waals surface area contributed by atoms with Crippen LogP contribution in [0.3, 0.4) is 0 Å².